The lowest BCUT2D eigenvalue weighted by molar-refractivity contribution is -0.199. The second-order valence-electron chi connectivity index (χ2n) is 7.08. The highest BCUT2D eigenvalue weighted by Gasteiger charge is 2.53. The van der Waals surface area contributed by atoms with Crippen LogP contribution in [-0.2, 0) is 4.74 Å². The van der Waals surface area contributed by atoms with Crippen LogP contribution in [0.4, 0.5) is 5.82 Å². The number of morpholine rings is 1. The normalized spacial score (nSPS) is 28.0. The Kier molecular flexibility index (Phi) is 4.05. The van der Waals surface area contributed by atoms with Gasteiger partial charge in [-0.25, -0.2) is 0 Å². The van der Waals surface area contributed by atoms with Crippen molar-refractivity contribution in [3.8, 4) is 5.88 Å². The molecule has 0 saturated carbocycles. The minimum Gasteiger partial charge on any atom is -0.469 e. The summed E-state index contributed by atoms with van der Waals surface area (Å²) in [5, 5.41) is 11.8. The quantitative estimate of drug-likeness (QED) is 0.906. The van der Waals surface area contributed by atoms with E-state index in [-0.39, 0.29) is 11.6 Å². The van der Waals surface area contributed by atoms with Crippen molar-refractivity contribution in [1.29, 1.82) is 0 Å². The summed E-state index contributed by atoms with van der Waals surface area (Å²) in [6.45, 7) is 11.0. The minimum absolute atomic E-state index is 0.142. The first-order valence-corrected chi connectivity index (χ1v) is 8.36. The van der Waals surface area contributed by atoms with Gasteiger partial charge in [-0.05, 0) is 27.7 Å². The molecule has 2 aliphatic heterocycles. The molecule has 8 heteroatoms. The average molecular weight is 328 g/mol. The fraction of sp³-hybridized carbons (Fsp3) is 0.857. The average Bonchev–Trinajstić information content (AvgIpc) is 2.99. The predicted molar refractivity (Wildman–Crippen MR) is 83.8 cm³/mol. The van der Waals surface area contributed by atoms with E-state index in [0.29, 0.717) is 19.1 Å². The number of rotatable bonds is 3. The van der Waals surface area contributed by atoms with Crippen LogP contribution < -0.4 is 9.64 Å². The van der Waals surface area contributed by atoms with Crippen molar-refractivity contribution in [3.05, 3.63) is 0 Å². The van der Waals surface area contributed by atoms with Gasteiger partial charge in [0, 0.05) is 25.0 Å². The largest absolute Gasteiger partial charge is 0.469 e. The lowest BCUT2D eigenvalue weighted by Crippen LogP contribution is -2.49. The van der Waals surface area contributed by atoms with Crippen LogP contribution in [0.2, 0.25) is 0 Å². The van der Waals surface area contributed by atoms with E-state index in [1.54, 1.807) is 0 Å². The highest BCUT2D eigenvalue weighted by molar-refractivity contribution is 6.99. The minimum atomic E-state index is -0.477. The highest BCUT2D eigenvalue weighted by atomic mass is 32.1. The highest BCUT2D eigenvalue weighted by Crippen LogP contribution is 2.42. The van der Waals surface area contributed by atoms with E-state index in [4.69, 9.17) is 9.47 Å². The van der Waals surface area contributed by atoms with Crippen molar-refractivity contribution < 1.29 is 14.7 Å². The molecule has 7 nitrogen and oxygen atoms in total. The monoisotopic (exact) mass is 328 g/mol. The molecule has 0 spiro atoms. The maximum absolute atomic E-state index is 10.4. The summed E-state index contributed by atoms with van der Waals surface area (Å²) in [5.41, 5.74) is -0.799. The number of ether oxygens (including phenoxy) is 2. The molecule has 3 heterocycles. The van der Waals surface area contributed by atoms with Crippen LogP contribution in [0.15, 0.2) is 0 Å². The first-order valence-electron chi connectivity index (χ1n) is 7.63. The number of anilines is 1. The van der Waals surface area contributed by atoms with Gasteiger partial charge in [-0.3, -0.25) is 0 Å². The molecule has 1 aromatic heterocycles. The third-order valence-corrected chi connectivity index (χ3v) is 5.10. The van der Waals surface area contributed by atoms with Gasteiger partial charge in [0.15, 0.2) is 0 Å². The van der Waals surface area contributed by atoms with Crippen molar-refractivity contribution >= 4 is 17.5 Å². The van der Waals surface area contributed by atoms with Gasteiger partial charge < -0.3 is 19.6 Å². The number of hydrogen-bond donors (Lipinski definition) is 1. The Labute approximate surface area is 135 Å². The molecule has 1 atom stereocenters. The maximum atomic E-state index is 10.4. The molecule has 2 aliphatic rings. The Bertz CT molecular complexity index is 528. The van der Waals surface area contributed by atoms with Crippen LogP contribution in [0.3, 0.4) is 0 Å². The summed E-state index contributed by atoms with van der Waals surface area (Å²) < 4.78 is 20.3. The Morgan fingerprint density at radius 1 is 1.23 bits per heavy atom. The predicted octanol–water partition coefficient (Wildman–Crippen LogP) is 1.77. The molecule has 2 saturated heterocycles. The molecular formula is C14H24N4O3S. The van der Waals surface area contributed by atoms with E-state index in [2.05, 4.69) is 13.6 Å². The fourth-order valence-corrected chi connectivity index (χ4v) is 3.76. The van der Waals surface area contributed by atoms with Crippen LogP contribution in [-0.4, -0.2) is 62.5 Å². The van der Waals surface area contributed by atoms with Crippen molar-refractivity contribution in [2.75, 3.05) is 31.2 Å². The van der Waals surface area contributed by atoms with Gasteiger partial charge in [0.2, 0.25) is 5.82 Å². The molecule has 2 fully saturated rings. The molecule has 3 rings (SSSR count). The van der Waals surface area contributed by atoms with Crippen molar-refractivity contribution in [2.45, 2.75) is 51.3 Å². The number of hydroxylamine groups is 2. The zero-order chi connectivity index (χ0) is 16.0. The van der Waals surface area contributed by atoms with Crippen molar-refractivity contribution in [2.24, 2.45) is 0 Å². The van der Waals surface area contributed by atoms with Gasteiger partial charge in [-0.15, -0.1) is 4.37 Å². The molecule has 1 unspecified atom stereocenters. The summed E-state index contributed by atoms with van der Waals surface area (Å²) in [4.78, 5) is 2.14. The fourth-order valence-electron chi connectivity index (χ4n) is 3.25. The Morgan fingerprint density at radius 2 is 1.91 bits per heavy atom. The van der Waals surface area contributed by atoms with E-state index in [1.165, 1.54) is 5.06 Å². The third-order valence-electron chi connectivity index (χ3n) is 4.60. The number of aromatic nitrogens is 2. The molecule has 1 N–H and O–H groups in total. The molecular weight excluding hydrogens is 304 g/mol. The Morgan fingerprint density at radius 3 is 2.50 bits per heavy atom. The summed E-state index contributed by atoms with van der Waals surface area (Å²) >= 11 is 1.16. The zero-order valence-electron chi connectivity index (χ0n) is 13.6. The SMILES string of the molecule is CC1(C)CC(Oc2nsnc2N2CCOCC2)C(C)(C)N1O. The molecule has 0 aromatic carbocycles. The lowest BCUT2D eigenvalue weighted by Gasteiger charge is -2.35. The maximum Gasteiger partial charge on any atom is 0.271 e. The molecule has 1 aromatic rings. The molecule has 0 radical (unpaired) electrons. The van der Waals surface area contributed by atoms with Crippen LogP contribution in [0, 0.1) is 0 Å². The van der Waals surface area contributed by atoms with Crippen LogP contribution in [0.25, 0.3) is 0 Å². The van der Waals surface area contributed by atoms with E-state index >= 15 is 0 Å². The Balaban J connectivity index is 1.78. The first kappa shape index (κ1) is 15.9. The van der Waals surface area contributed by atoms with Crippen LogP contribution in [0.1, 0.15) is 34.1 Å². The molecule has 0 bridgehead atoms. The number of hydrogen-bond acceptors (Lipinski definition) is 8. The van der Waals surface area contributed by atoms with E-state index in [1.807, 2.05) is 27.7 Å². The summed E-state index contributed by atoms with van der Waals surface area (Å²) in [7, 11) is 0. The van der Waals surface area contributed by atoms with Crippen LogP contribution >= 0.6 is 11.7 Å². The van der Waals surface area contributed by atoms with Gasteiger partial charge in [0.25, 0.3) is 5.88 Å². The second-order valence-corrected chi connectivity index (χ2v) is 7.61. The summed E-state index contributed by atoms with van der Waals surface area (Å²) in [5.74, 6) is 1.36. The summed E-state index contributed by atoms with van der Waals surface area (Å²) in [6.07, 6.45) is 0.590. The second kappa shape index (κ2) is 5.59. The van der Waals surface area contributed by atoms with Gasteiger partial charge in [-0.2, -0.15) is 9.44 Å². The first-order chi connectivity index (χ1) is 10.3. The van der Waals surface area contributed by atoms with Gasteiger partial charge >= 0.3 is 0 Å². The lowest BCUT2D eigenvalue weighted by atomic mass is 9.97. The summed E-state index contributed by atoms with van der Waals surface area (Å²) in [6, 6.07) is 0. The molecule has 124 valence electrons. The van der Waals surface area contributed by atoms with Crippen molar-refractivity contribution in [3.63, 3.8) is 0 Å². The van der Waals surface area contributed by atoms with Gasteiger partial charge in [0.05, 0.1) is 30.5 Å². The topological polar surface area (TPSA) is 71.0 Å². The van der Waals surface area contributed by atoms with Crippen molar-refractivity contribution in [1.82, 2.24) is 13.8 Å². The molecule has 22 heavy (non-hydrogen) atoms. The standard InChI is InChI=1S/C14H24N4O3S/c1-13(2)9-10(14(3,4)18(13)19)21-12-11(15-22-16-12)17-5-7-20-8-6-17/h10,19H,5-9H2,1-4H3. The van der Waals surface area contributed by atoms with E-state index in [0.717, 1.165) is 37.1 Å². The molecule has 0 amide bonds. The van der Waals surface area contributed by atoms with E-state index in [9.17, 15) is 5.21 Å². The molecule has 0 aliphatic carbocycles. The van der Waals surface area contributed by atoms with Crippen LogP contribution in [0.5, 0.6) is 5.88 Å². The van der Waals surface area contributed by atoms with E-state index < -0.39 is 5.54 Å². The zero-order valence-corrected chi connectivity index (χ0v) is 14.4. The number of nitrogens with zero attached hydrogens (tertiary/aromatic N) is 4. The van der Waals surface area contributed by atoms with Gasteiger partial charge in [-0.1, -0.05) is 0 Å². The Hall–Kier alpha value is -0.960. The smallest absolute Gasteiger partial charge is 0.271 e. The third kappa shape index (κ3) is 2.68. The van der Waals surface area contributed by atoms with Gasteiger partial charge in [0.1, 0.15) is 6.10 Å².